The highest BCUT2D eigenvalue weighted by Gasteiger charge is 2.20. The molecule has 0 aromatic carbocycles. The molecule has 1 saturated heterocycles. The SMILES string of the molecule is CN1CCCC(N(C)CCCCC(N)=NO)C1. The lowest BCUT2D eigenvalue weighted by molar-refractivity contribution is 0.133. The van der Waals surface area contributed by atoms with Crippen LogP contribution in [0.3, 0.4) is 0 Å². The van der Waals surface area contributed by atoms with Gasteiger partial charge in [0.25, 0.3) is 0 Å². The lowest BCUT2D eigenvalue weighted by atomic mass is 10.0. The zero-order chi connectivity index (χ0) is 12.7. The molecule has 0 spiro atoms. The van der Waals surface area contributed by atoms with Crippen LogP contribution in [-0.2, 0) is 0 Å². The number of piperidine rings is 1. The zero-order valence-corrected chi connectivity index (χ0v) is 11.1. The van der Waals surface area contributed by atoms with Gasteiger partial charge in [-0.05, 0) is 52.9 Å². The lowest BCUT2D eigenvalue weighted by Crippen LogP contribution is -2.45. The second-order valence-corrected chi connectivity index (χ2v) is 5.09. The van der Waals surface area contributed by atoms with E-state index in [0.717, 1.165) is 19.4 Å². The minimum absolute atomic E-state index is 0.338. The molecule has 0 aromatic heterocycles. The zero-order valence-electron chi connectivity index (χ0n) is 11.1. The number of oxime groups is 1. The number of likely N-dealkylation sites (tertiary alicyclic amines) is 1. The first-order valence-corrected chi connectivity index (χ1v) is 6.48. The number of hydrogen-bond acceptors (Lipinski definition) is 4. The van der Waals surface area contributed by atoms with Gasteiger partial charge in [-0.1, -0.05) is 5.16 Å². The molecule has 3 N–H and O–H groups in total. The van der Waals surface area contributed by atoms with Gasteiger partial charge in [-0.25, -0.2) is 0 Å². The van der Waals surface area contributed by atoms with Crippen LogP contribution in [0.4, 0.5) is 0 Å². The summed E-state index contributed by atoms with van der Waals surface area (Å²) in [6.45, 7) is 3.50. The Hall–Kier alpha value is -0.810. The number of nitrogens with two attached hydrogens (primary N) is 1. The molecular formula is C12H26N4O. The average molecular weight is 242 g/mol. The minimum atomic E-state index is 0.338. The van der Waals surface area contributed by atoms with Crippen LogP contribution < -0.4 is 5.73 Å². The fourth-order valence-corrected chi connectivity index (χ4v) is 2.40. The van der Waals surface area contributed by atoms with Crippen LogP contribution in [0, 0.1) is 0 Å². The van der Waals surface area contributed by atoms with Crippen molar-refractivity contribution in [3.8, 4) is 0 Å². The third-order valence-corrected chi connectivity index (χ3v) is 3.55. The molecule has 1 heterocycles. The molecule has 0 bridgehead atoms. The standard InChI is InChI=1S/C12H26N4O/c1-15-8-5-6-11(10-15)16(2)9-4-3-7-12(13)14-17/h11,17H,3-10H2,1-2H3,(H2,13,14). The van der Waals surface area contributed by atoms with E-state index in [-0.39, 0.29) is 0 Å². The molecule has 0 amide bonds. The molecule has 0 radical (unpaired) electrons. The molecule has 1 fully saturated rings. The topological polar surface area (TPSA) is 65.1 Å². The van der Waals surface area contributed by atoms with Gasteiger partial charge in [0.1, 0.15) is 5.84 Å². The highest BCUT2D eigenvalue weighted by Crippen LogP contribution is 2.13. The van der Waals surface area contributed by atoms with E-state index in [1.807, 2.05) is 0 Å². The van der Waals surface area contributed by atoms with Gasteiger partial charge in [0.05, 0.1) is 0 Å². The summed E-state index contributed by atoms with van der Waals surface area (Å²) in [6.07, 6.45) is 5.39. The Bertz CT molecular complexity index is 245. The molecule has 17 heavy (non-hydrogen) atoms. The fourth-order valence-electron chi connectivity index (χ4n) is 2.40. The van der Waals surface area contributed by atoms with Crippen molar-refractivity contribution in [1.82, 2.24) is 9.80 Å². The van der Waals surface area contributed by atoms with Crippen LogP contribution in [0.15, 0.2) is 5.16 Å². The molecule has 5 heteroatoms. The van der Waals surface area contributed by atoms with Crippen molar-refractivity contribution in [1.29, 1.82) is 0 Å². The van der Waals surface area contributed by atoms with Gasteiger partial charge < -0.3 is 20.7 Å². The minimum Gasteiger partial charge on any atom is -0.409 e. The molecule has 0 aliphatic carbocycles. The summed E-state index contributed by atoms with van der Waals surface area (Å²) >= 11 is 0. The molecule has 1 unspecified atom stereocenters. The molecule has 1 atom stereocenters. The van der Waals surface area contributed by atoms with Crippen molar-refractivity contribution in [2.45, 2.75) is 38.1 Å². The smallest absolute Gasteiger partial charge is 0.139 e. The Morgan fingerprint density at radius 1 is 1.53 bits per heavy atom. The summed E-state index contributed by atoms with van der Waals surface area (Å²) in [5.74, 6) is 0.338. The molecule has 5 nitrogen and oxygen atoms in total. The van der Waals surface area contributed by atoms with Gasteiger partial charge in [-0.15, -0.1) is 0 Å². The van der Waals surface area contributed by atoms with Crippen molar-refractivity contribution in [3.05, 3.63) is 0 Å². The van der Waals surface area contributed by atoms with E-state index in [0.29, 0.717) is 18.3 Å². The number of rotatable bonds is 6. The van der Waals surface area contributed by atoms with Gasteiger partial charge in [0, 0.05) is 19.0 Å². The number of unbranched alkanes of at least 4 members (excludes halogenated alkanes) is 1. The fraction of sp³-hybridized carbons (Fsp3) is 0.917. The van der Waals surface area contributed by atoms with Crippen LogP contribution in [0.2, 0.25) is 0 Å². The number of nitrogens with zero attached hydrogens (tertiary/aromatic N) is 3. The molecule has 0 aromatic rings. The summed E-state index contributed by atoms with van der Waals surface area (Å²) in [5, 5.41) is 11.4. The predicted octanol–water partition coefficient (Wildman–Crippen LogP) is 0.929. The van der Waals surface area contributed by atoms with E-state index in [4.69, 9.17) is 10.9 Å². The Labute approximate surface area is 104 Å². The Balaban J connectivity index is 2.13. The second kappa shape index (κ2) is 7.50. The summed E-state index contributed by atoms with van der Waals surface area (Å²) < 4.78 is 0. The van der Waals surface area contributed by atoms with E-state index < -0.39 is 0 Å². The third-order valence-electron chi connectivity index (χ3n) is 3.55. The maximum absolute atomic E-state index is 8.42. The van der Waals surface area contributed by atoms with E-state index in [1.54, 1.807) is 0 Å². The highest BCUT2D eigenvalue weighted by molar-refractivity contribution is 5.79. The summed E-state index contributed by atoms with van der Waals surface area (Å²) in [5.41, 5.74) is 5.43. The van der Waals surface area contributed by atoms with Gasteiger partial charge >= 0.3 is 0 Å². The number of likely N-dealkylation sites (N-methyl/N-ethyl adjacent to an activating group) is 2. The van der Waals surface area contributed by atoms with Crippen molar-refractivity contribution in [2.24, 2.45) is 10.9 Å². The molecule has 0 saturated carbocycles. The normalized spacial score (nSPS) is 23.2. The molecule has 1 aliphatic rings. The monoisotopic (exact) mass is 242 g/mol. The lowest BCUT2D eigenvalue weighted by Gasteiger charge is -2.35. The van der Waals surface area contributed by atoms with Crippen molar-refractivity contribution in [3.63, 3.8) is 0 Å². The summed E-state index contributed by atoms with van der Waals surface area (Å²) in [6, 6.07) is 0.692. The summed E-state index contributed by atoms with van der Waals surface area (Å²) in [4.78, 5) is 4.85. The average Bonchev–Trinajstić information content (AvgIpc) is 2.34. The first-order valence-electron chi connectivity index (χ1n) is 6.48. The van der Waals surface area contributed by atoms with Crippen molar-refractivity contribution in [2.75, 3.05) is 33.7 Å². The van der Waals surface area contributed by atoms with Gasteiger partial charge in [-0.2, -0.15) is 0 Å². The number of hydrogen-bond donors (Lipinski definition) is 2. The Kier molecular flexibility index (Phi) is 6.29. The van der Waals surface area contributed by atoms with Crippen LogP contribution in [0.25, 0.3) is 0 Å². The van der Waals surface area contributed by atoms with E-state index >= 15 is 0 Å². The van der Waals surface area contributed by atoms with Crippen molar-refractivity contribution < 1.29 is 5.21 Å². The second-order valence-electron chi connectivity index (χ2n) is 5.09. The van der Waals surface area contributed by atoms with Crippen LogP contribution in [0.1, 0.15) is 32.1 Å². The highest BCUT2D eigenvalue weighted by atomic mass is 16.4. The maximum Gasteiger partial charge on any atom is 0.139 e. The van der Waals surface area contributed by atoms with Crippen LogP contribution in [0.5, 0.6) is 0 Å². The third kappa shape index (κ3) is 5.37. The molecule has 100 valence electrons. The van der Waals surface area contributed by atoms with Gasteiger partial charge in [0.2, 0.25) is 0 Å². The summed E-state index contributed by atoms with van der Waals surface area (Å²) in [7, 11) is 4.39. The van der Waals surface area contributed by atoms with Crippen LogP contribution >= 0.6 is 0 Å². The van der Waals surface area contributed by atoms with E-state index in [9.17, 15) is 0 Å². The first kappa shape index (κ1) is 14.3. The Morgan fingerprint density at radius 2 is 2.29 bits per heavy atom. The maximum atomic E-state index is 8.42. The Morgan fingerprint density at radius 3 is 2.94 bits per heavy atom. The van der Waals surface area contributed by atoms with E-state index in [1.165, 1.54) is 25.9 Å². The van der Waals surface area contributed by atoms with Gasteiger partial charge in [-0.3, -0.25) is 0 Å². The van der Waals surface area contributed by atoms with Gasteiger partial charge in [0.15, 0.2) is 0 Å². The largest absolute Gasteiger partial charge is 0.409 e. The predicted molar refractivity (Wildman–Crippen MR) is 70.4 cm³/mol. The number of amidine groups is 1. The molecule has 1 rings (SSSR count). The van der Waals surface area contributed by atoms with Crippen molar-refractivity contribution >= 4 is 5.84 Å². The van der Waals surface area contributed by atoms with E-state index in [2.05, 4.69) is 29.1 Å². The molecule has 1 aliphatic heterocycles. The first-order chi connectivity index (χ1) is 8.13. The van der Waals surface area contributed by atoms with Crippen LogP contribution in [-0.4, -0.2) is 60.6 Å². The molecular weight excluding hydrogens is 216 g/mol. The quantitative estimate of drug-likeness (QED) is 0.239.